The summed E-state index contributed by atoms with van der Waals surface area (Å²) in [6.07, 6.45) is 2.84. The lowest BCUT2D eigenvalue weighted by molar-refractivity contribution is -0.137. The maximum absolute atomic E-state index is 11.9. The van der Waals surface area contributed by atoms with Gasteiger partial charge in [0.05, 0.1) is 12.0 Å². The number of pyridine rings is 1. The fourth-order valence-electron chi connectivity index (χ4n) is 1.56. The zero-order chi connectivity index (χ0) is 13.5. The van der Waals surface area contributed by atoms with Gasteiger partial charge in [-0.1, -0.05) is 13.3 Å². The first-order valence-corrected chi connectivity index (χ1v) is 6.46. The van der Waals surface area contributed by atoms with Gasteiger partial charge in [-0.05, 0) is 34.5 Å². The Morgan fingerprint density at radius 3 is 2.72 bits per heavy atom. The predicted octanol–water partition coefficient (Wildman–Crippen LogP) is 2.22. The summed E-state index contributed by atoms with van der Waals surface area (Å²) in [5, 5.41) is 11.5. The van der Waals surface area contributed by atoms with Gasteiger partial charge >= 0.3 is 5.97 Å². The highest BCUT2D eigenvalue weighted by molar-refractivity contribution is 9.10. The average Bonchev–Trinajstić information content (AvgIpc) is 2.29. The van der Waals surface area contributed by atoms with Crippen LogP contribution in [0.1, 0.15) is 36.5 Å². The molecule has 98 valence electrons. The first-order chi connectivity index (χ1) is 8.52. The molecule has 0 aromatic carbocycles. The number of carbonyl (C=O) groups is 2. The Labute approximate surface area is 114 Å². The molecule has 18 heavy (non-hydrogen) atoms. The number of carbonyl (C=O) groups excluding carboxylic acids is 1. The van der Waals surface area contributed by atoms with Crippen molar-refractivity contribution in [2.45, 2.75) is 32.2 Å². The first-order valence-electron chi connectivity index (χ1n) is 5.67. The molecule has 0 saturated carbocycles. The number of nitrogens with one attached hydrogen (secondary N) is 1. The van der Waals surface area contributed by atoms with E-state index < -0.39 is 5.97 Å². The lowest BCUT2D eigenvalue weighted by atomic mass is 10.1. The van der Waals surface area contributed by atoms with Crippen LogP contribution in [0.15, 0.2) is 22.9 Å². The maximum Gasteiger partial charge on any atom is 0.305 e. The predicted molar refractivity (Wildman–Crippen MR) is 70.4 cm³/mol. The highest BCUT2D eigenvalue weighted by Gasteiger charge is 2.16. The molecule has 0 bridgehead atoms. The third-order valence-corrected chi connectivity index (χ3v) is 2.85. The van der Waals surface area contributed by atoms with Crippen LogP contribution in [0.25, 0.3) is 0 Å². The number of hydrogen-bond donors (Lipinski definition) is 2. The van der Waals surface area contributed by atoms with Crippen molar-refractivity contribution in [3.8, 4) is 0 Å². The Bertz CT molecular complexity index is 420. The fraction of sp³-hybridized carbons (Fsp3) is 0.417. The van der Waals surface area contributed by atoms with Gasteiger partial charge in [-0.3, -0.25) is 9.59 Å². The molecule has 0 aliphatic heterocycles. The number of aromatic nitrogens is 1. The molecular formula is C12H15BrN2O3. The van der Waals surface area contributed by atoms with Crippen molar-refractivity contribution in [1.29, 1.82) is 0 Å². The molecule has 6 heteroatoms. The molecule has 0 aliphatic rings. The summed E-state index contributed by atoms with van der Waals surface area (Å²) < 4.78 is 0.648. The number of rotatable bonds is 6. The second-order valence-electron chi connectivity index (χ2n) is 3.93. The highest BCUT2D eigenvalue weighted by atomic mass is 79.9. The smallest absolute Gasteiger partial charge is 0.305 e. The summed E-state index contributed by atoms with van der Waals surface area (Å²) in [5.74, 6) is -1.21. The molecule has 0 aliphatic carbocycles. The minimum Gasteiger partial charge on any atom is -0.481 e. The minimum atomic E-state index is -0.914. The van der Waals surface area contributed by atoms with E-state index in [1.807, 2.05) is 6.92 Å². The summed E-state index contributed by atoms with van der Waals surface area (Å²) in [4.78, 5) is 26.5. The zero-order valence-corrected chi connectivity index (χ0v) is 11.6. The van der Waals surface area contributed by atoms with E-state index in [4.69, 9.17) is 5.11 Å². The highest BCUT2D eigenvalue weighted by Crippen LogP contribution is 2.08. The van der Waals surface area contributed by atoms with E-state index in [9.17, 15) is 9.59 Å². The van der Waals surface area contributed by atoms with Crippen LogP contribution in [0.5, 0.6) is 0 Å². The first kappa shape index (κ1) is 14.6. The molecule has 1 rings (SSSR count). The van der Waals surface area contributed by atoms with Gasteiger partial charge in [-0.15, -0.1) is 0 Å². The minimum absolute atomic E-state index is 0.0659. The van der Waals surface area contributed by atoms with Crippen molar-refractivity contribution < 1.29 is 14.7 Å². The number of aliphatic carboxylic acids is 1. The van der Waals surface area contributed by atoms with Crippen molar-refractivity contribution in [1.82, 2.24) is 10.3 Å². The number of halogens is 1. The van der Waals surface area contributed by atoms with Crippen LogP contribution in [0, 0.1) is 0 Å². The number of nitrogens with zero attached hydrogens (tertiary/aromatic N) is 1. The summed E-state index contributed by atoms with van der Waals surface area (Å²) >= 11 is 3.18. The molecule has 0 saturated heterocycles. The summed E-state index contributed by atoms with van der Waals surface area (Å²) in [6.45, 7) is 1.95. The topological polar surface area (TPSA) is 79.3 Å². The fourth-order valence-corrected chi connectivity index (χ4v) is 1.80. The van der Waals surface area contributed by atoms with Gasteiger partial charge in [-0.2, -0.15) is 0 Å². The summed E-state index contributed by atoms with van der Waals surface area (Å²) in [6, 6.07) is 2.96. The number of carboxylic acids is 1. The molecule has 1 unspecified atom stereocenters. The Morgan fingerprint density at radius 2 is 2.22 bits per heavy atom. The third kappa shape index (κ3) is 4.83. The second-order valence-corrected chi connectivity index (χ2v) is 4.74. The van der Waals surface area contributed by atoms with Crippen molar-refractivity contribution in [3.63, 3.8) is 0 Å². The normalized spacial score (nSPS) is 11.9. The van der Waals surface area contributed by atoms with E-state index in [2.05, 4.69) is 26.2 Å². The number of carboxylic acid groups (broad SMARTS) is 1. The molecule has 0 fully saturated rings. The third-order valence-electron chi connectivity index (χ3n) is 2.38. The molecule has 1 amide bonds. The Morgan fingerprint density at radius 1 is 1.50 bits per heavy atom. The van der Waals surface area contributed by atoms with Gasteiger partial charge in [0, 0.05) is 12.2 Å². The molecule has 1 heterocycles. The molecule has 0 radical (unpaired) electrons. The van der Waals surface area contributed by atoms with Crippen LogP contribution >= 0.6 is 15.9 Å². The monoisotopic (exact) mass is 314 g/mol. The van der Waals surface area contributed by atoms with Crippen LogP contribution in [0.3, 0.4) is 0 Å². The van der Waals surface area contributed by atoms with E-state index >= 15 is 0 Å². The van der Waals surface area contributed by atoms with Crippen LogP contribution in [0.4, 0.5) is 0 Å². The Hall–Kier alpha value is -1.43. The molecule has 1 atom stereocenters. The van der Waals surface area contributed by atoms with Gasteiger partial charge in [0.25, 0.3) is 5.91 Å². The lowest BCUT2D eigenvalue weighted by Crippen LogP contribution is -2.36. The zero-order valence-electron chi connectivity index (χ0n) is 10.0. The van der Waals surface area contributed by atoms with Crippen LogP contribution in [-0.4, -0.2) is 28.0 Å². The summed E-state index contributed by atoms with van der Waals surface area (Å²) in [5.41, 5.74) is 0.421. The molecule has 1 aromatic heterocycles. The van der Waals surface area contributed by atoms with Gasteiger partial charge < -0.3 is 10.4 Å². The van der Waals surface area contributed by atoms with E-state index in [0.29, 0.717) is 16.6 Å². The van der Waals surface area contributed by atoms with Crippen LogP contribution in [0.2, 0.25) is 0 Å². The van der Waals surface area contributed by atoms with E-state index in [1.54, 1.807) is 12.1 Å². The van der Waals surface area contributed by atoms with E-state index in [1.165, 1.54) is 6.20 Å². The lowest BCUT2D eigenvalue weighted by Gasteiger charge is -2.15. The summed E-state index contributed by atoms with van der Waals surface area (Å²) in [7, 11) is 0. The SMILES string of the molecule is CCCC(CC(=O)O)NC(=O)c1ccc(Br)nc1. The largest absolute Gasteiger partial charge is 0.481 e. The van der Waals surface area contributed by atoms with Gasteiger partial charge in [0.15, 0.2) is 0 Å². The van der Waals surface area contributed by atoms with Crippen molar-refractivity contribution in [2.24, 2.45) is 0 Å². The quantitative estimate of drug-likeness (QED) is 0.789. The number of amides is 1. The van der Waals surface area contributed by atoms with Crippen LogP contribution < -0.4 is 5.32 Å². The molecule has 0 spiro atoms. The Balaban J connectivity index is 2.65. The van der Waals surface area contributed by atoms with E-state index in [0.717, 1.165) is 6.42 Å². The molecular weight excluding hydrogens is 300 g/mol. The number of hydrogen-bond acceptors (Lipinski definition) is 3. The molecule has 2 N–H and O–H groups in total. The molecule has 5 nitrogen and oxygen atoms in total. The maximum atomic E-state index is 11.9. The van der Waals surface area contributed by atoms with Crippen molar-refractivity contribution in [2.75, 3.05) is 0 Å². The van der Waals surface area contributed by atoms with E-state index in [-0.39, 0.29) is 18.4 Å². The molecule has 1 aromatic rings. The van der Waals surface area contributed by atoms with Gasteiger partial charge in [0.1, 0.15) is 4.60 Å². The Kier molecular flexibility index (Phi) is 5.77. The van der Waals surface area contributed by atoms with Crippen molar-refractivity contribution >= 4 is 27.8 Å². The second kappa shape index (κ2) is 7.10. The standard InChI is InChI=1S/C12H15BrN2O3/c1-2-3-9(6-11(16)17)15-12(18)8-4-5-10(13)14-7-8/h4-5,7,9H,2-3,6H2,1H3,(H,15,18)(H,16,17). The van der Waals surface area contributed by atoms with Crippen molar-refractivity contribution in [3.05, 3.63) is 28.5 Å². The van der Waals surface area contributed by atoms with Crippen LogP contribution in [-0.2, 0) is 4.79 Å². The van der Waals surface area contributed by atoms with Gasteiger partial charge in [-0.25, -0.2) is 4.98 Å². The van der Waals surface area contributed by atoms with Gasteiger partial charge in [0.2, 0.25) is 0 Å². The average molecular weight is 315 g/mol.